The van der Waals surface area contributed by atoms with E-state index in [-0.39, 0.29) is 31.7 Å². The van der Waals surface area contributed by atoms with Crippen molar-refractivity contribution in [3.63, 3.8) is 0 Å². The number of carboxylic acids is 1. The Hall–Kier alpha value is -2.86. The van der Waals surface area contributed by atoms with Crippen LogP contribution in [-0.4, -0.2) is 72.1 Å². The fraction of sp³-hybridized carbons (Fsp3) is 0.717. The Morgan fingerprint density at radius 3 is 1.64 bits per heavy atom. The highest BCUT2D eigenvalue weighted by atomic mass is 31.2. The summed E-state index contributed by atoms with van der Waals surface area (Å²) in [6.07, 6.45) is 44.5. The van der Waals surface area contributed by atoms with E-state index < -0.39 is 51.1 Å². The number of carboxylic acid groups (broad SMARTS) is 1. The number of allylic oxidation sites excluding steroid dienone is 8. The second kappa shape index (κ2) is 36.9. The first-order valence-electron chi connectivity index (χ1n) is 22.4. The van der Waals surface area contributed by atoms with Crippen LogP contribution < -0.4 is 5.73 Å². The highest BCUT2D eigenvalue weighted by Gasteiger charge is 2.36. The summed E-state index contributed by atoms with van der Waals surface area (Å²) in [5.41, 5.74) is 5.33. The van der Waals surface area contributed by atoms with E-state index in [0.717, 1.165) is 64.2 Å². The SMILES string of the molecule is CCCCC/C=C\C/C=C\CCCCCCCCCC(=O)O[C@H](COC(=O)CCC/C=C\CC1OC1C/C=C\C/C=C\CCCCC)COP(=O)(O)OC[C@H](N)C(=O)O. The molecule has 0 radical (unpaired) electrons. The van der Waals surface area contributed by atoms with Crippen LogP contribution in [-0.2, 0) is 42.2 Å². The molecule has 4 N–H and O–H groups in total. The van der Waals surface area contributed by atoms with E-state index >= 15 is 0 Å². The lowest BCUT2D eigenvalue weighted by Crippen LogP contribution is -2.34. The van der Waals surface area contributed by atoms with Gasteiger partial charge in [0.1, 0.15) is 12.6 Å². The molecule has 0 bridgehead atoms. The quantitative estimate of drug-likeness (QED) is 0.0174. The minimum absolute atomic E-state index is 0.133. The largest absolute Gasteiger partial charge is 0.480 e. The number of hydrogen-bond donors (Lipinski definition) is 3. The lowest BCUT2D eigenvalue weighted by molar-refractivity contribution is -0.161. The third-order valence-electron chi connectivity index (χ3n) is 9.64. The van der Waals surface area contributed by atoms with Crippen molar-refractivity contribution in [1.82, 2.24) is 0 Å². The monoisotopic (exact) mass is 852 g/mol. The van der Waals surface area contributed by atoms with Crippen LogP contribution in [0, 0.1) is 0 Å². The second-order valence-electron chi connectivity index (χ2n) is 15.2. The lowest BCUT2D eigenvalue weighted by atomic mass is 10.1. The Labute approximate surface area is 355 Å². The van der Waals surface area contributed by atoms with Crippen LogP contribution in [0.1, 0.15) is 168 Å². The minimum Gasteiger partial charge on any atom is -0.480 e. The molecule has 0 aromatic rings. The number of hydrogen-bond acceptors (Lipinski definition) is 10. The Morgan fingerprint density at radius 2 is 1.07 bits per heavy atom. The molecule has 1 fully saturated rings. The van der Waals surface area contributed by atoms with Crippen LogP contribution in [0.2, 0.25) is 0 Å². The number of phosphoric ester groups is 1. The third kappa shape index (κ3) is 34.5. The fourth-order valence-corrected chi connectivity index (χ4v) is 6.73. The average molecular weight is 852 g/mol. The third-order valence-corrected chi connectivity index (χ3v) is 10.6. The lowest BCUT2D eigenvalue weighted by Gasteiger charge is -2.20. The first-order chi connectivity index (χ1) is 28.6. The predicted octanol–water partition coefficient (Wildman–Crippen LogP) is 10.9. The number of esters is 2. The first-order valence-corrected chi connectivity index (χ1v) is 23.9. The van der Waals surface area contributed by atoms with Crippen molar-refractivity contribution < 1.29 is 52.2 Å². The molecule has 1 aliphatic heterocycles. The molecule has 1 aliphatic rings. The maximum absolute atomic E-state index is 12.6. The summed E-state index contributed by atoms with van der Waals surface area (Å²) in [4.78, 5) is 46.0. The van der Waals surface area contributed by atoms with Gasteiger partial charge in [-0.05, 0) is 83.5 Å². The molecule has 59 heavy (non-hydrogen) atoms. The molecule has 0 saturated carbocycles. The molecule has 3 unspecified atom stereocenters. The molecule has 338 valence electrons. The maximum atomic E-state index is 12.6. The van der Waals surface area contributed by atoms with Crippen LogP contribution in [0.15, 0.2) is 60.8 Å². The van der Waals surface area contributed by atoms with E-state index in [1.54, 1.807) is 0 Å². The van der Waals surface area contributed by atoms with Crippen molar-refractivity contribution in [2.24, 2.45) is 5.73 Å². The fourth-order valence-electron chi connectivity index (χ4n) is 5.95. The topological polar surface area (TPSA) is 184 Å². The van der Waals surface area contributed by atoms with E-state index in [2.05, 4.69) is 73.1 Å². The number of carbonyl (C=O) groups is 3. The van der Waals surface area contributed by atoms with E-state index in [4.69, 9.17) is 29.6 Å². The molecule has 1 heterocycles. The predicted molar refractivity (Wildman–Crippen MR) is 235 cm³/mol. The molecule has 0 spiro atoms. The number of ether oxygens (including phenoxy) is 3. The molecular weight excluding hydrogens is 773 g/mol. The normalized spacial score (nSPS) is 17.7. The number of unbranched alkanes of at least 4 members (excludes halogenated alkanes) is 14. The minimum atomic E-state index is -4.74. The molecule has 12 nitrogen and oxygen atoms in total. The van der Waals surface area contributed by atoms with Crippen molar-refractivity contribution in [1.29, 1.82) is 0 Å². The smallest absolute Gasteiger partial charge is 0.472 e. The molecule has 0 aliphatic carbocycles. The number of epoxide rings is 1. The number of phosphoric acid groups is 1. The molecule has 1 saturated heterocycles. The number of carbonyl (C=O) groups excluding carboxylic acids is 2. The van der Waals surface area contributed by atoms with Gasteiger partial charge in [0, 0.05) is 12.8 Å². The van der Waals surface area contributed by atoms with E-state index in [1.165, 1.54) is 57.8 Å². The average Bonchev–Trinajstić information content (AvgIpc) is 3.97. The van der Waals surface area contributed by atoms with Crippen molar-refractivity contribution in [2.45, 2.75) is 192 Å². The van der Waals surface area contributed by atoms with Crippen LogP contribution in [0.4, 0.5) is 0 Å². The van der Waals surface area contributed by atoms with Gasteiger partial charge in [-0.1, -0.05) is 132 Å². The summed E-state index contributed by atoms with van der Waals surface area (Å²) in [5.74, 6) is -2.47. The number of nitrogens with two attached hydrogens (primary N) is 1. The highest BCUT2D eigenvalue weighted by molar-refractivity contribution is 7.47. The van der Waals surface area contributed by atoms with Gasteiger partial charge < -0.3 is 29.9 Å². The van der Waals surface area contributed by atoms with Gasteiger partial charge in [0.25, 0.3) is 0 Å². The molecule has 0 aromatic heterocycles. The van der Waals surface area contributed by atoms with Crippen molar-refractivity contribution in [3.8, 4) is 0 Å². The van der Waals surface area contributed by atoms with Gasteiger partial charge in [-0.2, -0.15) is 0 Å². The second-order valence-corrected chi connectivity index (χ2v) is 16.7. The van der Waals surface area contributed by atoms with Crippen molar-refractivity contribution in [3.05, 3.63) is 60.8 Å². The van der Waals surface area contributed by atoms with Crippen LogP contribution in [0.3, 0.4) is 0 Å². The van der Waals surface area contributed by atoms with Gasteiger partial charge in [-0.3, -0.25) is 23.4 Å². The van der Waals surface area contributed by atoms with E-state index in [1.807, 2.05) is 6.08 Å². The van der Waals surface area contributed by atoms with Gasteiger partial charge in [-0.25, -0.2) is 4.57 Å². The summed E-state index contributed by atoms with van der Waals surface area (Å²) < 4.78 is 38.4. The van der Waals surface area contributed by atoms with Crippen molar-refractivity contribution in [2.75, 3.05) is 19.8 Å². The zero-order chi connectivity index (χ0) is 43.2. The summed E-state index contributed by atoms with van der Waals surface area (Å²) in [6.45, 7) is 2.66. The van der Waals surface area contributed by atoms with Crippen LogP contribution >= 0.6 is 7.82 Å². The van der Waals surface area contributed by atoms with Gasteiger partial charge in [-0.15, -0.1) is 0 Å². The van der Waals surface area contributed by atoms with Crippen molar-refractivity contribution >= 4 is 25.7 Å². The number of aliphatic carboxylic acids is 1. The van der Waals surface area contributed by atoms with Crippen LogP contribution in [0.5, 0.6) is 0 Å². The molecule has 1 rings (SSSR count). The maximum Gasteiger partial charge on any atom is 0.472 e. The van der Waals surface area contributed by atoms with Gasteiger partial charge >= 0.3 is 25.7 Å². The molecule has 0 amide bonds. The van der Waals surface area contributed by atoms with Gasteiger partial charge in [0.15, 0.2) is 6.10 Å². The molecule has 13 heteroatoms. The summed E-state index contributed by atoms with van der Waals surface area (Å²) in [5, 5.41) is 8.90. The van der Waals surface area contributed by atoms with Gasteiger partial charge in [0.2, 0.25) is 0 Å². The Balaban J connectivity index is 2.33. The molecular formula is C46H78NO11P. The summed E-state index contributed by atoms with van der Waals surface area (Å²) >= 11 is 0. The Bertz CT molecular complexity index is 1300. The summed E-state index contributed by atoms with van der Waals surface area (Å²) in [7, 11) is -4.74. The number of rotatable bonds is 40. The zero-order valence-corrected chi connectivity index (χ0v) is 37.2. The molecule has 5 atom stereocenters. The molecule has 0 aromatic carbocycles. The van der Waals surface area contributed by atoms with E-state index in [9.17, 15) is 23.8 Å². The Kier molecular flexibility index (Phi) is 33.9. The summed E-state index contributed by atoms with van der Waals surface area (Å²) in [6, 6.07) is -1.54. The van der Waals surface area contributed by atoms with E-state index in [0.29, 0.717) is 19.3 Å². The first kappa shape index (κ1) is 54.2. The zero-order valence-electron chi connectivity index (χ0n) is 36.3. The van der Waals surface area contributed by atoms with Crippen LogP contribution in [0.25, 0.3) is 0 Å². The Morgan fingerprint density at radius 1 is 0.610 bits per heavy atom. The standard InChI is InChI=1S/C46H78NO11P/c1-3-5-7-9-11-13-14-15-16-17-18-19-20-22-24-26-32-36-45(49)57-40(38-55-59(52,53)56-39-41(47)46(50)51)37-54-44(48)35-31-28-27-30-34-43-42(58-43)33-29-25-23-21-12-10-8-6-4-2/h11-13,15-16,21,25,27,29-30,40-43H,3-10,14,17-20,22-24,26,28,31-39,47H2,1-2H3,(H,50,51)(H,52,53)/b13-11-,16-15-,21-12-,29-25-,30-27-/t40-,41+,42?,43?/m1/s1. The van der Waals surface area contributed by atoms with Gasteiger partial charge in [0.05, 0.1) is 25.4 Å². The highest BCUT2D eigenvalue weighted by Crippen LogP contribution is 2.43.